The molecule has 1 fully saturated rings. The van der Waals surface area contributed by atoms with Gasteiger partial charge in [-0.1, -0.05) is 30.3 Å². The fourth-order valence-corrected chi connectivity index (χ4v) is 4.10. The van der Waals surface area contributed by atoms with Gasteiger partial charge in [0.25, 0.3) is 0 Å². The maximum Gasteiger partial charge on any atom is 0.227 e. The third kappa shape index (κ3) is 3.72. The summed E-state index contributed by atoms with van der Waals surface area (Å²) < 4.78 is 13.6. The van der Waals surface area contributed by atoms with Gasteiger partial charge in [-0.25, -0.2) is 4.39 Å². The quantitative estimate of drug-likeness (QED) is 0.865. The van der Waals surface area contributed by atoms with Crippen LogP contribution in [0.5, 0.6) is 0 Å². The van der Waals surface area contributed by atoms with Crippen molar-refractivity contribution in [2.24, 2.45) is 0 Å². The molecule has 0 bridgehead atoms. The van der Waals surface area contributed by atoms with Crippen LogP contribution in [0.15, 0.2) is 48.5 Å². The molecule has 1 N–H and O–H groups in total. The standard InChI is InChI=1S/C22H24FN3O2/c23-18-8-2-1-6-16(18)14-24-21(27)11-12-22(28)26-15-17-7-5-13-25(17)19-9-3-4-10-20(19)26/h1-4,6,8-10,17H,5,7,11-15H2,(H,24,27). The number of nitrogens with one attached hydrogen (secondary N) is 1. The van der Waals surface area contributed by atoms with Crippen molar-refractivity contribution in [3.63, 3.8) is 0 Å². The largest absolute Gasteiger partial charge is 0.365 e. The second-order valence-corrected chi connectivity index (χ2v) is 7.35. The first-order chi connectivity index (χ1) is 13.6. The van der Waals surface area contributed by atoms with Crippen molar-refractivity contribution in [2.75, 3.05) is 22.9 Å². The molecule has 5 nitrogen and oxygen atoms in total. The summed E-state index contributed by atoms with van der Waals surface area (Å²) in [6, 6.07) is 14.7. The molecule has 4 rings (SSSR count). The molecule has 1 saturated heterocycles. The minimum absolute atomic E-state index is 0.0416. The number of nitrogens with zero attached hydrogens (tertiary/aromatic N) is 2. The zero-order valence-electron chi connectivity index (χ0n) is 15.7. The van der Waals surface area contributed by atoms with Crippen LogP contribution in [-0.2, 0) is 16.1 Å². The Morgan fingerprint density at radius 2 is 1.79 bits per heavy atom. The van der Waals surface area contributed by atoms with E-state index in [1.807, 2.05) is 23.1 Å². The Bertz CT molecular complexity index is 886. The lowest BCUT2D eigenvalue weighted by Crippen LogP contribution is -2.48. The number of rotatable bonds is 5. The van der Waals surface area contributed by atoms with Crippen LogP contribution < -0.4 is 15.1 Å². The first-order valence-electron chi connectivity index (χ1n) is 9.79. The van der Waals surface area contributed by atoms with E-state index in [-0.39, 0.29) is 37.0 Å². The summed E-state index contributed by atoms with van der Waals surface area (Å²) in [5.74, 6) is -0.630. The normalized spacial score (nSPS) is 17.8. The van der Waals surface area contributed by atoms with Gasteiger partial charge in [-0.05, 0) is 31.0 Å². The molecule has 6 heteroatoms. The van der Waals surface area contributed by atoms with Crippen molar-refractivity contribution < 1.29 is 14.0 Å². The molecule has 2 aromatic rings. The number of benzene rings is 2. The Kier molecular flexibility index (Phi) is 5.28. The molecule has 2 amide bonds. The molecule has 0 aliphatic carbocycles. The lowest BCUT2D eigenvalue weighted by Gasteiger charge is -2.40. The van der Waals surface area contributed by atoms with Gasteiger partial charge in [0.15, 0.2) is 0 Å². The highest BCUT2D eigenvalue weighted by Gasteiger charge is 2.35. The molecule has 1 atom stereocenters. The smallest absolute Gasteiger partial charge is 0.227 e. The Morgan fingerprint density at radius 1 is 1.04 bits per heavy atom. The summed E-state index contributed by atoms with van der Waals surface area (Å²) in [5, 5.41) is 2.70. The van der Waals surface area contributed by atoms with Gasteiger partial charge in [0.05, 0.1) is 11.4 Å². The van der Waals surface area contributed by atoms with E-state index in [0.717, 1.165) is 30.8 Å². The highest BCUT2D eigenvalue weighted by Crippen LogP contribution is 2.39. The maximum absolute atomic E-state index is 13.6. The van der Waals surface area contributed by atoms with Crippen LogP contribution in [-0.4, -0.2) is 30.9 Å². The van der Waals surface area contributed by atoms with Crippen molar-refractivity contribution in [3.05, 3.63) is 59.9 Å². The number of para-hydroxylation sites is 2. The molecule has 2 aliphatic heterocycles. The summed E-state index contributed by atoms with van der Waals surface area (Å²) in [7, 11) is 0. The van der Waals surface area contributed by atoms with Gasteiger partial charge in [-0.15, -0.1) is 0 Å². The Labute approximate surface area is 164 Å². The van der Waals surface area contributed by atoms with E-state index in [1.54, 1.807) is 18.2 Å². The van der Waals surface area contributed by atoms with E-state index in [0.29, 0.717) is 18.2 Å². The van der Waals surface area contributed by atoms with Gasteiger partial charge >= 0.3 is 0 Å². The van der Waals surface area contributed by atoms with Gasteiger partial charge in [0.1, 0.15) is 5.82 Å². The number of hydrogen-bond donors (Lipinski definition) is 1. The Balaban J connectivity index is 1.35. The third-order valence-electron chi connectivity index (χ3n) is 5.55. The van der Waals surface area contributed by atoms with Crippen molar-refractivity contribution in [3.8, 4) is 0 Å². The molecule has 0 radical (unpaired) electrons. The third-order valence-corrected chi connectivity index (χ3v) is 5.55. The number of carbonyl (C=O) groups is 2. The van der Waals surface area contributed by atoms with Gasteiger partial charge in [0.2, 0.25) is 11.8 Å². The summed E-state index contributed by atoms with van der Waals surface area (Å²) >= 11 is 0. The number of hydrogen-bond acceptors (Lipinski definition) is 3. The summed E-state index contributed by atoms with van der Waals surface area (Å²) in [5.41, 5.74) is 2.47. The lowest BCUT2D eigenvalue weighted by atomic mass is 10.1. The molecule has 2 aliphatic rings. The van der Waals surface area contributed by atoms with Crippen molar-refractivity contribution >= 4 is 23.2 Å². The van der Waals surface area contributed by atoms with E-state index in [9.17, 15) is 14.0 Å². The average molecular weight is 381 g/mol. The molecular weight excluding hydrogens is 357 g/mol. The molecular formula is C22H24FN3O2. The molecule has 28 heavy (non-hydrogen) atoms. The van der Waals surface area contributed by atoms with E-state index in [2.05, 4.69) is 16.3 Å². The molecule has 0 aromatic heterocycles. The number of fused-ring (bicyclic) bond motifs is 3. The predicted octanol–water partition coefficient (Wildman–Crippen LogP) is 3.24. The van der Waals surface area contributed by atoms with E-state index < -0.39 is 0 Å². The molecule has 1 unspecified atom stereocenters. The first-order valence-corrected chi connectivity index (χ1v) is 9.79. The minimum Gasteiger partial charge on any atom is -0.365 e. The van der Waals surface area contributed by atoms with Gasteiger partial charge in [-0.2, -0.15) is 0 Å². The Morgan fingerprint density at radius 3 is 2.61 bits per heavy atom. The van der Waals surface area contributed by atoms with E-state index in [4.69, 9.17) is 0 Å². The number of halogens is 1. The second kappa shape index (κ2) is 8.00. The fourth-order valence-electron chi connectivity index (χ4n) is 4.10. The molecule has 146 valence electrons. The summed E-state index contributed by atoms with van der Waals surface area (Å²) in [6.45, 7) is 1.83. The number of anilines is 2. The van der Waals surface area contributed by atoms with Gasteiger partial charge in [0, 0.05) is 44.1 Å². The van der Waals surface area contributed by atoms with Crippen LogP contribution in [0.3, 0.4) is 0 Å². The summed E-state index contributed by atoms with van der Waals surface area (Å²) in [4.78, 5) is 29.2. The molecule has 0 spiro atoms. The van der Waals surface area contributed by atoms with Crippen LogP contribution in [0.4, 0.5) is 15.8 Å². The number of amides is 2. The number of carbonyl (C=O) groups excluding carboxylic acids is 2. The van der Waals surface area contributed by atoms with E-state index in [1.165, 1.54) is 6.07 Å². The van der Waals surface area contributed by atoms with Crippen molar-refractivity contribution in [2.45, 2.75) is 38.3 Å². The fraction of sp³-hybridized carbons (Fsp3) is 0.364. The average Bonchev–Trinajstić information content (AvgIpc) is 3.20. The predicted molar refractivity (Wildman–Crippen MR) is 107 cm³/mol. The van der Waals surface area contributed by atoms with Crippen LogP contribution in [0.25, 0.3) is 0 Å². The second-order valence-electron chi connectivity index (χ2n) is 7.35. The van der Waals surface area contributed by atoms with Crippen molar-refractivity contribution in [1.82, 2.24) is 5.32 Å². The molecule has 2 heterocycles. The topological polar surface area (TPSA) is 52.7 Å². The Hall–Kier alpha value is -2.89. The van der Waals surface area contributed by atoms with Crippen molar-refractivity contribution in [1.29, 1.82) is 0 Å². The van der Waals surface area contributed by atoms with Crippen LogP contribution in [0.1, 0.15) is 31.2 Å². The maximum atomic E-state index is 13.6. The van der Waals surface area contributed by atoms with E-state index >= 15 is 0 Å². The molecule has 0 saturated carbocycles. The lowest BCUT2D eigenvalue weighted by molar-refractivity contribution is -0.125. The highest BCUT2D eigenvalue weighted by atomic mass is 19.1. The summed E-state index contributed by atoms with van der Waals surface area (Å²) in [6.07, 6.45) is 2.46. The zero-order valence-corrected chi connectivity index (χ0v) is 15.7. The van der Waals surface area contributed by atoms with Crippen LogP contribution >= 0.6 is 0 Å². The monoisotopic (exact) mass is 381 g/mol. The zero-order chi connectivity index (χ0) is 19.5. The minimum atomic E-state index is -0.343. The van der Waals surface area contributed by atoms with Gasteiger partial charge < -0.3 is 15.1 Å². The van der Waals surface area contributed by atoms with Gasteiger partial charge in [-0.3, -0.25) is 9.59 Å². The highest BCUT2D eigenvalue weighted by molar-refractivity contribution is 5.99. The van der Waals surface area contributed by atoms with Crippen LogP contribution in [0, 0.1) is 5.82 Å². The molecule has 2 aromatic carbocycles. The van der Waals surface area contributed by atoms with Crippen LogP contribution in [0.2, 0.25) is 0 Å². The first kappa shape index (κ1) is 18.5. The SMILES string of the molecule is O=C(CCC(=O)N1CC2CCCN2c2ccccc21)NCc1ccccc1F.